The van der Waals surface area contributed by atoms with Crippen molar-refractivity contribution in [1.29, 1.82) is 0 Å². The fourth-order valence-corrected chi connectivity index (χ4v) is 2.63. The number of ether oxygens (including phenoxy) is 1. The van der Waals surface area contributed by atoms with Crippen molar-refractivity contribution < 1.29 is 14.6 Å². The van der Waals surface area contributed by atoms with Crippen LogP contribution in [-0.4, -0.2) is 34.9 Å². The lowest BCUT2D eigenvalue weighted by Crippen LogP contribution is -2.44. The summed E-state index contributed by atoms with van der Waals surface area (Å²) in [7, 11) is 0. The number of hydrogen-bond acceptors (Lipinski definition) is 4. The molecule has 0 radical (unpaired) electrons. The molecule has 110 valence electrons. The molecule has 0 aromatic carbocycles. The lowest BCUT2D eigenvalue weighted by Gasteiger charge is -2.34. The van der Waals surface area contributed by atoms with Crippen LogP contribution >= 0.6 is 0 Å². The van der Waals surface area contributed by atoms with E-state index in [1.807, 2.05) is 25.1 Å². The highest BCUT2D eigenvalue weighted by Gasteiger charge is 2.32. The molecule has 2 N–H and O–H groups in total. The highest BCUT2D eigenvalue weighted by molar-refractivity contribution is 5.67. The molecular weight excluding hydrogens is 256 g/mol. The number of hydrogen-bond donors (Lipinski definition) is 2. The molecule has 1 aromatic heterocycles. The van der Waals surface area contributed by atoms with E-state index in [9.17, 15) is 9.90 Å². The molecule has 0 aliphatic heterocycles. The van der Waals surface area contributed by atoms with Gasteiger partial charge in [-0.3, -0.25) is 4.98 Å². The molecule has 20 heavy (non-hydrogen) atoms. The topological polar surface area (TPSA) is 71.5 Å². The van der Waals surface area contributed by atoms with Crippen LogP contribution in [-0.2, 0) is 4.74 Å². The zero-order chi connectivity index (χ0) is 14.4. The summed E-state index contributed by atoms with van der Waals surface area (Å²) in [5, 5.41) is 12.8. The second kappa shape index (κ2) is 7.24. The SMILES string of the molecule is CCCOC(=O)NC1CCC(O)CC1c1ccccn1. The second-order valence-corrected chi connectivity index (χ2v) is 5.21. The molecule has 1 amide bonds. The van der Waals surface area contributed by atoms with Crippen molar-refractivity contribution in [3.05, 3.63) is 30.1 Å². The van der Waals surface area contributed by atoms with E-state index in [1.165, 1.54) is 0 Å². The zero-order valence-electron chi connectivity index (χ0n) is 11.8. The largest absolute Gasteiger partial charge is 0.450 e. The minimum absolute atomic E-state index is 0.0299. The summed E-state index contributed by atoms with van der Waals surface area (Å²) in [6.07, 6.45) is 3.89. The van der Waals surface area contributed by atoms with Crippen molar-refractivity contribution in [2.45, 2.75) is 50.7 Å². The number of amides is 1. The van der Waals surface area contributed by atoms with Gasteiger partial charge in [-0.15, -0.1) is 0 Å². The smallest absolute Gasteiger partial charge is 0.407 e. The number of rotatable bonds is 4. The first-order chi connectivity index (χ1) is 9.70. The number of alkyl carbamates (subject to hydrolysis) is 1. The van der Waals surface area contributed by atoms with E-state index >= 15 is 0 Å². The van der Waals surface area contributed by atoms with Crippen LogP contribution in [0, 0.1) is 0 Å². The average Bonchev–Trinajstić information content (AvgIpc) is 2.48. The van der Waals surface area contributed by atoms with Crippen molar-refractivity contribution in [3.8, 4) is 0 Å². The Labute approximate surface area is 119 Å². The predicted molar refractivity (Wildman–Crippen MR) is 75.4 cm³/mol. The van der Waals surface area contributed by atoms with Gasteiger partial charge in [0, 0.05) is 23.9 Å². The molecular formula is C15H22N2O3. The van der Waals surface area contributed by atoms with Crippen LogP contribution in [0.4, 0.5) is 4.79 Å². The van der Waals surface area contributed by atoms with Crippen LogP contribution in [0.1, 0.15) is 44.2 Å². The van der Waals surface area contributed by atoms with Crippen molar-refractivity contribution in [1.82, 2.24) is 10.3 Å². The summed E-state index contributed by atoms with van der Waals surface area (Å²) < 4.78 is 5.07. The summed E-state index contributed by atoms with van der Waals surface area (Å²) in [6.45, 7) is 2.39. The van der Waals surface area contributed by atoms with Gasteiger partial charge in [-0.25, -0.2) is 4.79 Å². The second-order valence-electron chi connectivity index (χ2n) is 5.21. The molecule has 0 bridgehead atoms. The number of nitrogens with zero attached hydrogens (tertiary/aromatic N) is 1. The van der Waals surface area contributed by atoms with Crippen molar-refractivity contribution in [3.63, 3.8) is 0 Å². The van der Waals surface area contributed by atoms with E-state index in [1.54, 1.807) is 6.20 Å². The number of aliphatic hydroxyl groups excluding tert-OH is 1. The number of pyridine rings is 1. The van der Waals surface area contributed by atoms with E-state index in [0.29, 0.717) is 19.4 Å². The molecule has 0 saturated heterocycles. The minimum Gasteiger partial charge on any atom is -0.450 e. The minimum atomic E-state index is -0.380. The molecule has 1 heterocycles. The number of carbonyl (C=O) groups is 1. The molecule has 1 fully saturated rings. The third-order valence-corrected chi connectivity index (χ3v) is 3.63. The first-order valence-electron chi connectivity index (χ1n) is 7.23. The standard InChI is InChI=1S/C15H22N2O3/c1-2-9-20-15(19)17-14-7-6-11(18)10-12(14)13-5-3-4-8-16-13/h3-5,8,11-12,14,18H,2,6-7,9-10H2,1H3,(H,17,19). The summed E-state index contributed by atoms with van der Waals surface area (Å²) in [5.74, 6) is 0.0362. The summed E-state index contributed by atoms with van der Waals surface area (Å²) in [5.41, 5.74) is 0.909. The molecule has 5 heteroatoms. The zero-order valence-corrected chi connectivity index (χ0v) is 11.8. The molecule has 5 nitrogen and oxygen atoms in total. The predicted octanol–water partition coefficient (Wildman–Crippen LogP) is 2.21. The van der Waals surface area contributed by atoms with Crippen molar-refractivity contribution in [2.24, 2.45) is 0 Å². The van der Waals surface area contributed by atoms with E-state index in [2.05, 4.69) is 10.3 Å². The normalized spacial score (nSPS) is 26.0. The Balaban J connectivity index is 2.03. The molecule has 0 spiro atoms. The molecule has 1 aromatic rings. The van der Waals surface area contributed by atoms with E-state index in [-0.39, 0.29) is 24.2 Å². The van der Waals surface area contributed by atoms with Crippen LogP contribution < -0.4 is 5.32 Å². The molecule has 3 unspecified atom stereocenters. The number of aromatic nitrogens is 1. The van der Waals surface area contributed by atoms with E-state index in [4.69, 9.17) is 4.74 Å². The first-order valence-corrected chi connectivity index (χ1v) is 7.23. The van der Waals surface area contributed by atoms with Gasteiger partial charge in [-0.2, -0.15) is 0 Å². The van der Waals surface area contributed by atoms with Crippen LogP contribution in [0.15, 0.2) is 24.4 Å². The highest BCUT2D eigenvalue weighted by Crippen LogP contribution is 2.32. The van der Waals surface area contributed by atoms with Gasteiger partial charge < -0.3 is 15.2 Å². The van der Waals surface area contributed by atoms with Crippen molar-refractivity contribution >= 4 is 6.09 Å². The molecule has 2 rings (SSSR count). The Kier molecular flexibility index (Phi) is 5.35. The van der Waals surface area contributed by atoms with Crippen LogP contribution in [0.3, 0.4) is 0 Å². The Morgan fingerprint density at radius 1 is 1.50 bits per heavy atom. The van der Waals surface area contributed by atoms with Gasteiger partial charge in [0.1, 0.15) is 0 Å². The van der Waals surface area contributed by atoms with Gasteiger partial charge in [-0.1, -0.05) is 13.0 Å². The molecule has 1 aliphatic rings. The van der Waals surface area contributed by atoms with E-state index in [0.717, 1.165) is 18.5 Å². The third-order valence-electron chi connectivity index (χ3n) is 3.63. The lowest BCUT2D eigenvalue weighted by atomic mass is 9.80. The van der Waals surface area contributed by atoms with Crippen molar-refractivity contribution in [2.75, 3.05) is 6.61 Å². The number of carbonyl (C=O) groups excluding carboxylic acids is 1. The fraction of sp³-hybridized carbons (Fsp3) is 0.600. The Hall–Kier alpha value is -1.62. The quantitative estimate of drug-likeness (QED) is 0.886. The van der Waals surface area contributed by atoms with Crippen LogP contribution in [0.25, 0.3) is 0 Å². The van der Waals surface area contributed by atoms with Gasteiger partial charge in [0.15, 0.2) is 0 Å². The van der Waals surface area contributed by atoms with Gasteiger partial charge in [0.25, 0.3) is 0 Å². The third kappa shape index (κ3) is 3.93. The van der Waals surface area contributed by atoms with Gasteiger partial charge in [0.05, 0.1) is 12.7 Å². The Morgan fingerprint density at radius 3 is 3.05 bits per heavy atom. The highest BCUT2D eigenvalue weighted by atomic mass is 16.5. The molecule has 1 saturated carbocycles. The maximum absolute atomic E-state index is 11.7. The average molecular weight is 278 g/mol. The fourth-order valence-electron chi connectivity index (χ4n) is 2.63. The van der Waals surface area contributed by atoms with Crippen LogP contribution in [0.5, 0.6) is 0 Å². The first kappa shape index (κ1) is 14.8. The molecule has 3 atom stereocenters. The van der Waals surface area contributed by atoms with Gasteiger partial charge in [0.2, 0.25) is 0 Å². The summed E-state index contributed by atoms with van der Waals surface area (Å²) in [6, 6.07) is 5.70. The van der Waals surface area contributed by atoms with Gasteiger partial charge in [-0.05, 0) is 37.8 Å². The number of aliphatic hydroxyl groups is 1. The summed E-state index contributed by atoms with van der Waals surface area (Å²) in [4.78, 5) is 16.1. The monoisotopic (exact) mass is 278 g/mol. The maximum atomic E-state index is 11.7. The number of nitrogens with one attached hydrogen (secondary N) is 1. The van der Waals surface area contributed by atoms with Gasteiger partial charge >= 0.3 is 6.09 Å². The van der Waals surface area contributed by atoms with E-state index < -0.39 is 0 Å². The van der Waals surface area contributed by atoms with Crippen LogP contribution in [0.2, 0.25) is 0 Å². The Bertz CT molecular complexity index is 424. The summed E-state index contributed by atoms with van der Waals surface area (Å²) >= 11 is 0. The lowest BCUT2D eigenvalue weighted by molar-refractivity contribution is 0.0942. The molecule has 1 aliphatic carbocycles. The maximum Gasteiger partial charge on any atom is 0.407 e. The Morgan fingerprint density at radius 2 is 2.35 bits per heavy atom.